The Bertz CT molecular complexity index is 903. The minimum absolute atomic E-state index is 0.272. The minimum Gasteiger partial charge on any atom is -0.452 e. The van der Waals surface area contributed by atoms with Crippen molar-refractivity contribution in [3.05, 3.63) is 59.7 Å². The van der Waals surface area contributed by atoms with Gasteiger partial charge in [-0.2, -0.15) is 0 Å². The second kappa shape index (κ2) is 8.24. The summed E-state index contributed by atoms with van der Waals surface area (Å²) in [5.41, 5.74) is 3.18. The molecule has 3 rings (SSSR count). The van der Waals surface area contributed by atoms with Gasteiger partial charge in [0, 0.05) is 6.54 Å². The summed E-state index contributed by atoms with van der Waals surface area (Å²) >= 11 is 0. The van der Waals surface area contributed by atoms with Crippen LogP contribution in [0.15, 0.2) is 48.5 Å². The fraction of sp³-hybridized carbons (Fsp3) is 0.263. The average molecular weight is 352 g/mol. The molecular weight excluding hydrogens is 332 g/mol. The van der Waals surface area contributed by atoms with Gasteiger partial charge in [-0.25, -0.2) is 9.48 Å². The number of amides is 1. The topological polar surface area (TPSA) is 86.1 Å². The summed E-state index contributed by atoms with van der Waals surface area (Å²) in [4.78, 5) is 23.5. The van der Waals surface area contributed by atoms with Crippen LogP contribution in [0.1, 0.15) is 29.3 Å². The number of benzene rings is 2. The van der Waals surface area contributed by atoms with Crippen LogP contribution in [-0.4, -0.2) is 40.0 Å². The summed E-state index contributed by atoms with van der Waals surface area (Å²) in [5.74, 6) is -0.815. The molecule has 134 valence electrons. The van der Waals surface area contributed by atoms with Gasteiger partial charge in [-0.3, -0.25) is 4.79 Å². The van der Waals surface area contributed by atoms with E-state index in [0.29, 0.717) is 18.7 Å². The number of hydrogen-bond donors (Lipinski definition) is 1. The molecule has 0 unspecified atom stereocenters. The number of para-hydroxylation sites is 1. The van der Waals surface area contributed by atoms with Crippen molar-refractivity contribution >= 4 is 22.9 Å². The van der Waals surface area contributed by atoms with Crippen LogP contribution in [-0.2, 0) is 16.1 Å². The van der Waals surface area contributed by atoms with Gasteiger partial charge in [-0.1, -0.05) is 36.4 Å². The number of carbonyl (C=O) groups is 2. The average Bonchev–Trinajstić information content (AvgIpc) is 3.08. The van der Waals surface area contributed by atoms with Crippen LogP contribution in [0.4, 0.5) is 0 Å². The van der Waals surface area contributed by atoms with Crippen LogP contribution in [0, 0.1) is 0 Å². The highest BCUT2D eigenvalue weighted by atomic mass is 16.5. The predicted octanol–water partition coefficient (Wildman–Crippen LogP) is 2.16. The molecule has 2 aromatic carbocycles. The Morgan fingerprint density at radius 1 is 1.12 bits per heavy atom. The van der Waals surface area contributed by atoms with E-state index in [1.54, 1.807) is 16.8 Å². The maximum absolute atomic E-state index is 12.0. The highest BCUT2D eigenvalue weighted by molar-refractivity contribution is 5.91. The number of aromatic nitrogens is 3. The Morgan fingerprint density at radius 3 is 2.65 bits per heavy atom. The molecule has 1 amide bonds. The summed E-state index contributed by atoms with van der Waals surface area (Å²) in [7, 11) is 0. The van der Waals surface area contributed by atoms with E-state index in [1.807, 2.05) is 43.3 Å². The lowest BCUT2D eigenvalue weighted by atomic mass is 10.1. The van der Waals surface area contributed by atoms with Gasteiger partial charge in [-0.05, 0) is 36.2 Å². The van der Waals surface area contributed by atoms with Crippen molar-refractivity contribution in [1.82, 2.24) is 20.3 Å². The van der Waals surface area contributed by atoms with Crippen molar-refractivity contribution in [2.45, 2.75) is 19.9 Å². The second-order valence-electron chi connectivity index (χ2n) is 5.86. The molecule has 0 saturated carbocycles. The lowest BCUT2D eigenvalue weighted by Crippen LogP contribution is -2.29. The van der Waals surface area contributed by atoms with E-state index in [1.165, 1.54) is 0 Å². The first-order valence-corrected chi connectivity index (χ1v) is 8.48. The molecule has 7 nitrogen and oxygen atoms in total. The Balaban J connectivity index is 1.59. The molecule has 1 heterocycles. The number of nitrogens with zero attached hydrogens (tertiary/aromatic N) is 3. The molecule has 0 fully saturated rings. The van der Waals surface area contributed by atoms with Gasteiger partial charge in [-0.15, -0.1) is 5.10 Å². The first-order chi connectivity index (χ1) is 12.7. The predicted molar refractivity (Wildman–Crippen MR) is 96.7 cm³/mol. The largest absolute Gasteiger partial charge is 0.452 e. The maximum Gasteiger partial charge on any atom is 0.338 e. The zero-order valence-corrected chi connectivity index (χ0v) is 14.5. The first-order valence-electron chi connectivity index (χ1n) is 8.48. The third-order valence-corrected chi connectivity index (χ3v) is 3.85. The van der Waals surface area contributed by atoms with Crippen molar-refractivity contribution in [2.24, 2.45) is 0 Å². The summed E-state index contributed by atoms with van der Waals surface area (Å²) in [5, 5.41) is 10.9. The Kier molecular flexibility index (Phi) is 5.58. The first kappa shape index (κ1) is 17.6. The van der Waals surface area contributed by atoms with Gasteiger partial charge in [0.1, 0.15) is 5.52 Å². The van der Waals surface area contributed by atoms with Crippen LogP contribution in [0.5, 0.6) is 0 Å². The number of carbonyl (C=O) groups excluding carboxylic acids is 2. The van der Waals surface area contributed by atoms with Crippen molar-refractivity contribution < 1.29 is 14.3 Å². The van der Waals surface area contributed by atoms with Crippen LogP contribution in [0.2, 0.25) is 0 Å². The minimum atomic E-state index is -0.519. The van der Waals surface area contributed by atoms with Gasteiger partial charge >= 0.3 is 5.97 Å². The molecule has 1 aromatic heterocycles. The normalized spacial score (nSPS) is 10.7. The monoisotopic (exact) mass is 352 g/mol. The van der Waals surface area contributed by atoms with Gasteiger partial charge in [0.05, 0.1) is 17.6 Å². The van der Waals surface area contributed by atoms with Crippen molar-refractivity contribution in [3.8, 4) is 0 Å². The number of ether oxygens (including phenoxy) is 1. The maximum atomic E-state index is 12.0. The smallest absolute Gasteiger partial charge is 0.338 e. The molecule has 0 aliphatic heterocycles. The van der Waals surface area contributed by atoms with Crippen LogP contribution in [0.25, 0.3) is 11.0 Å². The molecule has 0 radical (unpaired) electrons. The number of nitrogens with one attached hydrogen (secondary N) is 1. The third kappa shape index (κ3) is 4.24. The summed E-state index contributed by atoms with van der Waals surface area (Å²) in [6.07, 6.45) is 0.836. The SMILES string of the molecule is CCCNC(=O)COC(=O)c1ccc(Cn2nnc3ccccc32)cc1. The molecule has 0 bridgehead atoms. The van der Waals surface area contributed by atoms with E-state index in [2.05, 4.69) is 15.6 Å². The van der Waals surface area contributed by atoms with Crippen molar-refractivity contribution in [3.63, 3.8) is 0 Å². The van der Waals surface area contributed by atoms with Crippen LogP contribution < -0.4 is 5.32 Å². The highest BCUT2D eigenvalue weighted by Gasteiger charge is 2.10. The molecule has 1 N–H and O–H groups in total. The quantitative estimate of drug-likeness (QED) is 0.659. The van der Waals surface area contributed by atoms with Crippen molar-refractivity contribution in [1.29, 1.82) is 0 Å². The zero-order valence-electron chi connectivity index (χ0n) is 14.5. The summed E-state index contributed by atoms with van der Waals surface area (Å²) < 4.78 is 6.82. The summed E-state index contributed by atoms with van der Waals surface area (Å²) in [6.45, 7) is 2.80. The van der Waals surface area contributed by atoms with Crippen LogP contribution >= 0.6 is 0 Å². The lowest BCUT2D eigenvalue weighted by Gasteiger charge is -2.07. The fourth-order valence-electron chi connectivity index (χ4n) is 2.48. The number of rotatable bonds is 7. The Morgan fingerprint density at radius 2 is 1.88 bits per heavy atom. The van der Waals surface area contributed by atoms with E-state index in [9.17, 15) is 9.59 Å². The van der Waals surface area contributed by atoms with E-state index >= 15 is 0 Å². The summed E-state index contributed by atoms with van der Waals surface area (Å²) in [6, 6.07) is 14.8. The third-order valence-electron chi connectivity index (χ3n) is 3.85. The van der Waals surface area contributed by atoms with Gasteiger partial charge in [0.2, 0.25) is 0 Å². The highest BCUT2D eigenvalue weighted by Crippen LogP contribution is 2.13. The van der Waals surface area contributed by atoms with Crippen molar-refractivity contribution in [2.75, 3.05) is 13.2 Å². The van der Waals surface area contributed by atoms with E-state index in [-0.39, 0.29) is 12.5 Å². The number of fused-ring (bicyclic) bond motifs is 1. The Hall–Kier alpha value is -3.22. The molecule has 0 aliphatic carbocycles. The van der Waals surface area contributed by atoms with Crippen LogP contribution in [0.3, 0.4) is 0 Å². The molecule has 0 spiro atoms. The molecule has 0 aliphatic rings. The Labute approximate surface area is 151 Å². The molecule has 3 aromatic rings. The molecule has 0 saturated heterocycles. The lowest BCUT2D eigenvalue weighted by molar-refractivity contribution is -0.124. The molecule has 26 heavy (non-hydrogen) atoms. The van der Waals surface area contributed by atoms with E-state index < -0.39 is 5.97 Å². The number of hydrogen-bond acceptors (Lipinski definition) is 5. The molecular formula is C19H20N4O3. The second-order valence-corrected chi connectivity index (χ2v) is 5.86. The van der Waals surface area contributed by atoms with E-state index in [4.69, 9.17) is 4.74 Å². The molecule has 7 heteroatoms. The molecule has 0 atom stereocenters. The van der Waals surface area contributed by atoms with E-state index in [0.717, 1.165) is 23.0 Å². The zero-order chi connectivity index (χ0) is 18.4. The fourth-order valence-corrected chi connectivity index (χ4v) is 2.48. The standard InChI is InChI=1S/C19H20N4O3/c1-2-11-20-18(24)13-26-19(25)15-9-7-14(8-10-15)12-23-17-6-4-3-5-16(17)21-22-23/h3-10H,2,11-13H2,1H3,(H,20,24). The number of esters is 1. The van der Waals surface area contributed by atoms with Gasteiger partial charge in [0.15, 0.2) is 6.61 Å². The van der Waals surface area contributed by atoms with Gasteiger partial charge in [0.25, 0.3) is 5.91 Å². The van der Waals surface area contributed by atoms with Gasteiger partial charge < -0.3 is 10.1 Å².